The van der Waals surface area contributed by atoms with Gasteiger partial charge in [0.15, 0.2) is 5.78 Å². The van der Waals surface area contributed by atoms with Crippen molar-refractivity contribution in [1.29, 1.82) is 0 Å². The highest BCUT2D eigenvalue weighted by atomic mass is 16.5. The van der Waals surface area contributed by atoms with Gasteiger partial charge in [-0.2, -0.15) is 0 Å². The molecule has 2 aromatic carbocycles. The summed E-state index contributed by atoms with van der Waals surface area (Å²) in [6.45, 7) is 3.76. The van der Waals surface area contributed by atoms with Crippen LogP contribution in [0.5, 0.6) is 5.75 Å². The Morgan fingerprint density at radius 1 is 1.09 bits per heavy atom. The molecular formula is C18H18O4. The lowest BCUT2D eigenvalue weighted by atomic mass is 10.1. The number of hydrogen-bond acceptors (Lipinski definition) is 4. The molecule has 0 heterocycles. The van der Waals surface area contributed by atoms with E-state index in [1.165, 1.54) is 7.11 Å². The third-order valence-corrected chi connectivity index (χ3v) is 3.33. The molecule has 0 spiro atoms. The molecule has 0 aliphatic rings. The minimum absolute atomic E-state index is 0.0369. The zero-order valence-electron chi connectivity index (χ0n) is 12.9. The first-order valence-corrected chi connectivity index (χ1v) is 6.93. The summed E-state index contributed by atoms with van der Waals surface area (Å²) in [5, 5.41) is 0. The standard InChI is InChI=1S/C18H18O4/c1-12-9-16(7-8-17(12)13(2)19)22-11-14-5-4-6-15(10-14)18(20)21-3/h4-10H,11H2,1-3H3. The number of ketones is 1. The number of ether oxygens (including phenoxy) is 2. The molecule has 0 aliphatic carbocycles. The molecule has 2 rings (SSSR count). The summed E-state index contributed by atoms with van der Waals surface area (Å²) >= 11 is 0. The summed E-state index contributed by atoms with van der Waals surface area (Å²) in [5.41, 5.74) is 2.94. The van der Waals surface area contributed by atoms with Crippen molar-refractivity contribution in [3.63, 3.8) is 0 Å². The van der Waals surface area contributed by atoms with Gasteiger partial charge in [0.05, 0.1) is 12.7 Å². The zero-order valence-corrected chi connectivity index (χ0v) is 12.9. The second-order valence-electron chi connectivity index (χ2n) is 5.01. The van der Waals surface area contributed by atoms with Crippen LogP contribution in [0.4, 0.5) is 0 Å². The van der Waals surface area contributed by atoms with Crippen LogP contribution in [0.15, 0.2) is 42.5 Å². The Hall–Kier alpha value is -2.62. The van der Waals surface area contributed by atoms with Crippen molar-refractivity contribution in [1.82, 2.24) is 0 Å². The monoisotopic (exact) mass is 298 g/mol. The van der Waals surface area contributed by atoms with Gasteiger partial charge in [0.1, 0.15) is 12.4 Å². The van der Waals surface area contributed by atoms with Crippen LogP contribution >= 0.6 is 0 Å². The molecule has 2 aromatic rings. The number of esters is 1. The summed E-state index contributed by atoms with van der Waals surface area (Å²) in [6, 6.07) is 12.5. The van der Waals surface area contributed by atoms with Crippen molar-refractivity contribution in [3.8, 4) is 5.75 Å². The Balaban J connectivity index is 2.09. The average Bonchev–Trinajstić information content (AvgIpc) is 2.52. The van der Waals surface area contributed by atoms with E-state index in [-0.39, 0.29) is 11.8 Å². The summed E-state index contributed by atoms with van der Waals surface area (Å²) < 4.78 is 10.4. The zero-order chi connectivity index (χ0) is 16.1. The molecule has 0 unspecified atom stereocenters. The molecule has 22 heavy (non-hydrogen) atoms. The number of aryl methyl sites for hydroxylation is 1. The van der Waals surface area contributed by atoms with Crippen molar-refractivity contribution in [2.45, 2.75) is 20.5 Å². The van der Waals surface area contributed by atoms with E-state index in [1.54, 1.807) is 37.3 Å². The van der Waals surface area contributed by atoms with Gasteiger partial charge in [-0.05, 0) is 55.3 Å². The fourth-order valence-electron chi connectivity index (χ4n) is 2.19. The lowest BCUT2D eigenvalue weighted by Crippen LogP contribution is -2.03. The maximum Gasteiger partial charge on any atom is 0.337 e. The fraction of sp³-hybridized carbons (Fsp3) is 0.222. The predicted octanol–water partition coefficient (Wildman–Crippen LogP) is 3.56. The number of benzene rings is 2. The molecule has 0 aliphatic heterocycles. The van der Waals surface area contributed by atoms with Gasteiger partial charge < -0.3 is 9.47 Å². The molecule has 0 amide bonds. The maximum atomic E-state index is 11.5. The molecule has 0 aromatic heterocycles. The van der Waals surface area contributed by atoms with Gasteiger partial charge >= 0.3 is 5.97 Å². The van der Waals surface area contributed by atoms with E-state index < -0.39 is 0 Å². The summed E-state index contributed by atoms with van der Waals surface area (Å²) in [5.74, 6) is 0.351. The molecule has 0 saturated carbocycles. The summed E-state index contributed by atoms with van der Waals surface area (Å²) in [7, 11) is 1.35. The Morgan fingerprint density at radius 2 is 1.86 bits per heavy atom. The Morgan fingerprint density at radius 3 is 2.50 bits per heavy atom. The number of carbonyl (C=O) groups excluding carboxylic acids is 2. The molecule has 0 bridgehead atoms. The molecule has 0 saturated heterocycles. The van der Waals surface area contributed by atoms with Crippen molar-refractivity contribution in [3.05, 3.63) is 64.7 Å². The van der Waals surface area contributed by atoms with Crippen LogP contribution in [0.2, 0.25) is 0 Å². The lowest BCUT2D eigenvalue weighted by molar-refractivity contribution is 0.0600. The van der Waals surface area contributed by atoms with Crippen LogP contribution in [0, 0.1) is 6.92 Å². The predicted molar refractivity (Wildman–Crippen MR) is 83.3 cm³/mol. The van der Waals surface area contributed by atoms with Gasteiger partial charge in [-0.15, -0.1) is 0 Å². The van der Waals surface area contributed by atoms with Crippen LogP contribution in [-0.2, 0) is 11.3 Å². The van der Waals surface area contributed by atoms with Crippen molar-refractivity contribution in [2.75, 3.05) is 7.11 Å². The second-order valence-corrected chi connectivity index (χ2v) is 5.01. The Labute approximate surface area is 129 Å². The molecule has 0 atom stereocenters. The molecule has 4 heteroatoms. The first-order chi connectivity index (χ1) is 10.5. The van der Waals surface area contributed by atoms with Crippen LogP contribution in [0.25, 0.3) is 0 Å². The molecule has 114 valence electrons. The van der Waals surface area contributed by atoms with E-state index in [1.807, 2.05) is 19.1 Å². The van der Waals surface area contributed by atoms with Crippen LogP contribution in [-0.4, -0.2) is 18.9 Å². The van der Waals surface area contributed by atoms with E-state index in [0.29, 0.717) is 23.5 Å². The van der Waals surface area contributed by atoms with E-state index in [9.17, 15) is 9.59 Å². The van der Waals surface area contributed by atoms with Crippen molar-refractivity contribution < 1.29 is 19.1 Å². The van der Waals surface area contributed by atoms with E-state index in [2.05, 4.69) is 0 Å². The minimum Gasteiger partial charge on any atom is -0.489 e. The molecule has 0 N–H and O–H groups in total. The van der Waals surface area contributed by atoms with Crippen LogP contribution < -0.4 is 4.74 Å². The van der Waals surface area contributed by atoms with Crippen LogP contribution in [0.1, 0.15) is 38.8 Å². The number of carbonyl (C=O) groups is 2. The second kappa shape index (κ2) is 6.89. The largest absolute Gasteiger partial charge is 0.489 e. The van der Waals surface area contributed by atoms with E-state index >= 15 is 0 Å². The van der Waals surface area contributed by atoms with Crippen molar-refractivity contribution >= 4 is 11.8 Å². The van der Waals surface area contributed by atoms with Gasteiger partial charge in [0.2, 0.25) is 0 Å². The van der Waals surface area contributed by atoms with Gasteiger partial charge in [-0.3, -0.25) is 4.79 Å². The van der Waals surface area contributed by atoms with Gasteiger partial charge in [-0.1, -0.05) is 12.1 Å². The van der Waals surface area contributed by atoms with Gasteiger partial charge in [-0.25, -0.2) is 4.79 Å². The molecule has 0 radical (unpaired) electrons. The third kappa shape index (κ3) is 3.73. The number of Topliss-reactive ketones (excluding diaryl/α,β-unsaturated/α-hetero) is 1. The van der Waals surface area contributed by atoms with E-state index in [0.717, 1.165) is 11.1 Å². The third-order valence-electron chi connectivity index (χ3n) is 3.33. The van der Waals surface area contributed by atoms with Crippen LogP contribution in [0.3, 0.4) is 0 Å². The highest BCUT2D eigenvalue weighted by molar-refractivity contribution is 5.95. The first kappa shape index (κ1) is 15.8. The maximum absolute atomic E-state index is 11.5. The minimum atomic E-state index is -0.372. The average molecular weight is 298 g/mol. The first-order valence-electron chi connectivity index (χ1n) is 6.93. The van der Waals surface area contributed by atoms with Gasteiger partial charge in [0.25, 0.3) is 0 Å². The quantitative estimate of drug-likeness (QED) is 0.625. The summed E-state index contributed by atoms with van der Waals surface area (Å²) in [4.78, 5) is 22.9. The van der Waals surface area contributed by atoms with Gasteiger partial charge in [0, 0.05) is 5.56 Å². The molecular weight excluding hydrogens is 280 g/mol. The molecule has 4 nitrogen and oxygen atoms in total. The lowest BCUT2D eigenvalue weighted by Gasteiger charge is -2.09. The fourth-order valence-corrected chi connectivity index (χ4v) is 2.19. The number of methoxy groups -OCH3 is 1. The van der Waals surface area contributed by atoms with E-state index in [4.69, 9.17) is 9.47 Å². The van der Waals surface area contributed by atoms with Crippen molar-refractivity contribution in [2.24, 2.45) is 0 Å². The topological polar surface area (TPSA) is 52.6 Å². The number of rotatable bonds is 5. The normalized spacial score (nSPS) is 10.1. The Bertz CT molecular complexity index is 704. The smallest absolute Gasteiger partial charge is 0.337 e. The number of hydrogen-bond donors (Lipinski definition) is 0. The summed E-state index contributed by atoms with van der Waals surface area (Å²) in [6.07, 6.45) is 0. The highest BCUT2D eigenvalue weighted by Crippen LogP contribution is 2.19. The molecule has 0 fully saturated rings. The highest BCUT2D eigenvalue weighted by Gasteiger charge is 2.07. The SMILES string of the molecule is COC(=O)c1cccc(COc2ccc(C(C)=O)c(C)c2)c1. The Kier molecular flexibility index (Phi) is 4.94.